The maximum absolute atomic E-state index is 12.7. The highest BCUT2D eigenvalue weighted by atomic mass is 16.6. The molecule has 0 radical (unpaired) electrons. The molecule has 67 heavy (non-hydrogen) atoms. The van der Waals surface area contributed by atoms with E-state index in [-0.39, 0.29) is 31.6 Å². The van der Waals surface area contributed by atoms with E-state index in [9.17, 15) is 14.4 Å². The minimum atomic E-state index is -0.834. The molecule has 0 aliphatic carbocycles. The second-order valence-electron chi connectivity index (χ2n) is 18.1. The molecule has 0 amide bonds. The molecule has 0 spiro atoms. The normalized spacial score (nSPS) is 12.8. The number of allylic oxidation sites excluding steroid dienone is 15. The Hall–Kier alpha value is -3.67. The molecule has 0 saturated heterocycles. The fourth-order valence-corrected chi connectivity index (χ4v) is 7.47. The van der Waals surface area contributed by atoms with Crippen LogP contribution in [0.1, 0.15) is 252 Å². The summed E-state index contributed by atoms with van der Waals surface area (Å²) in [4.78, 5) is 38.0. The number of ether oxygens (including phenoxy) is 3. The zero-order valence-electron chi connectivity index (χ0n) is 43.6. The first-order valence-electron chi connectivity index (χ1n) is 27.7. The fraction of sp³-hybridized carbons (Fsp3) is 0.689. The molecule has 0 saturated carbocycles. The Labute approximate surface area is 413 Å². The van der Waals surface area contributed by atoms with E-state index in [0.717, 1.165) is 89.9 Å². The van der Waals surface area contributed by atoms with E-state index in [1.54, 1.807) is 6.08 Å². The summed E-state index contributed by atoms with van der Waals surface area (Å²) in [5.74, 6) is -1.06. The highest BCUT2D eigenvalue weighted by molar-refractivity contribution is 5.72. The van der Waals surface area contributed by atoms with Crippen molar-refractivity contribution in [2.45, 2.75) is 258 Å². The van der Waals surface area contributed by atoms with Crippen LogP contribution in [-0.4, -0.2) is 37.2 Å². The number of hydrogen-bond donors (Lipinski definition) is 0. The fourth-order valence-electron chi connectivity index (χ4n) is 7.47. The molecular weight excluding hydrogens is 829 g/mol. The van der Waals surface area contributed by atoms with Crippen LogP contribution in [0.5, 0.6) is 0 Å². The molecule has 0 heterocycles. The lowest BCUT2D eigenvalue weighted by atomic mass is 10.1. The van der Waals surface area contributed by atoms with Gasteiger partial charge in [-0.05, 0) is 83.5 Å². The van der Waals surface area contributed by atoms with Gasteiger partial charge in [0.25, 0.3) is 0 Å². The van der Waals surface area contributed by atoms with Gasteiger partial charge in [-0.3, -0.25) is 14.4 Å². The molecule has 0 aromatic heterocycles. The maximum Gasteiger partial charge on any atom is 0.310 e. The molecule has 0 N–H and O–H groups in total. The van der Waals surface area contributed by atoms with Crippen LogP contribution in [0.15, 0.2) is 97.2 Å². The molecule has 6 heteroatoms. The summed E-state index contributed by atoms with van der Waals surface area (Å²) in [6.45, 7) is 6.42. The van der Waals surface area contributed by atoms with Gasteiger partial charge in [0.1, 0.15) is 13.2 Å². The molecular formula is C61H102O6. The third-order valence-corrected chi connectivity index (χ3v) is 11.6. The van der Waals surface area contributed by atoms with Crippen LogP contribution in [-0.2, 0) is 28.6 Å². The molecule has 0 aliphatic rings. The quantitative estimate of drug-likeness (QED) is 0.0262. The molecule has 6 nitrogen and oxygen atoms in total. The first-order valence-corrected chi connectivity index (χ1v) is 27.7. The predicted molar refractivity (Wildman–Crippen MR) is 288 cm³/mol. The van der Waals surface area contributed by atoms with Gasteiger partial charge < -0.3 is 14.2 Å². The van der Waals surface area contributed by atoms with Crippen molar-refractivity contribution in [3.05, 3.63) is 97.2 Å². The van der Waals surface area contributed by atoms with Gasteiger partial charge in [-0.2, -0.15) is 0 Å². The molecule has 0 fully saturated rings. The zero-order chi connectivity index (χ0) is 48.6. The predicted octanol–water partition coefficient (Wildman–Crippen LogP) is 18.5. The van der Waals surface area contributed by atoms with Crippen LogP contribution in [0.2, 0.25) is 0 Å². The molecule has 382 valence electrons. The number of rotatable bonds is 49. The van der Waals surface area contributed by atoms with Crippen LogP contribution in [0.4, 0.5) is 0 Å². The van der Waals surface area contributed by atoms with Crippen molar-refractivity contribution in [2.75, 3.05) is 13.2 Å². The average Bonchev–Trinajstić information content (AvgIpc) is 3.33. The van der Waals surface area contributed by atoms with Crippen molar-refractivity contribution in [3.8, 4) is 0 Å². The van der Waals surface area contributed by atoms with Gasteiger partial charge in [-0.15, -0.1) is 0 Å². The summed E-state index contributed by atoms with van der Waals surface area (Å²) in [7, 11) is 0. The number of esters is 3. The lowest BCUT2D eigenvalue weighted by Crippen LogP contribution is -2.30. The Morgan fingerprint density at radius 3 is 0.985 bits per heavy atom. The summed E-state index contributed by atoms with van der Waals surface area (Å²) < 4.78 is 16.7. The summed E-state index contributed by atoms with van der Waals surface area (Å²) in [5.41, 5.74) is 0. The standard InChI is InChI=1S/C61H102O6/c1-4-7-10-13-16-19-22-24-26-27-28-29-30-31-32-33-35-36-39-42-45-48-51-54-60(63)66-57-58(56-65-59(62)53-50-47-44-41-38-21-18-15-12-9-6-3)67-61(64)55-52-49-46-43-40-37-34-25-23-20-17-14-11-8-5-2/h8,11,17,20,22,24-25,27-28,30-31,34,40,43,49,52,58H,4-7,9-10,12-16,18-19,21,23,26,29,32-33,35-39,41-42,44-48,50-51,53-57H2,1-3H3/b11-8-,20-17-,24-22-,28-27-,31-30-,34-25-,43-40-,52-49-. The Balaban J connectivity index is 4.41. The molecule has 0 rings (SSSR count). The van der Waals surface area contributed by atoms with Crippen molar-refractivity contribution in [1.82, 2.24) is 0 Å². The lowest BCUT2D eigenvalue weighted by molar-refractivity contribution is -0.166. The van der Waals surface area contributed by atoms with Gasteiger partial charge in [0, 0.05) is 12.8 Å². The molecule has 0 aromatic carbocycles. The van der Waals surface area contributed by atoms with E-state index >= 15 is 0 Å². The summed E-state index contributed by atoms with van der Waals surface area (Å²) in [6.07, 6.45) is 72.8. The van der Waals surface area contributed by atoms with Crippen LogP contribution in [0, 0.1) is 0 Å². The largest absolute Gasteiger partial charge is 0.462 e. The van der Waals surface area contributed by atoms with Gasteiger partial charge in [0.2, 0.25) is 0 Å². The van der Waals surface area contributed by atoms with E-state index in [4.69, 9.17) is 14.2 Å². The lowest BCUT2D eigenvalue weighted by Gasteiger charge is -2.18. The van der Waals surface area contributed by atoms with Gasteiger partial charge in [-0.1, -0.05) is 246 Å². The van der Waals surface area contributed by atoms with Crippen molar-refractivity contribution in [3.63, 3.8) is 0 Å². The highest BCUT2D eigenvalue weighted by Gasteiger charge is 2.19. The SMILES string of the molecule is CC/C=C\C/C=C\C/C=C\C/C=C\C/C=C\CC(=O)OC(COC(=O)CCCCCCCCCC/C=C\C/C=C\C/C=C\CCCCCCC)COC(=O)CCCCCCCCCCCCC. The second kappa shape index (κ2) is 54.9. The highest BCUT2D eigenvalue weighted by Crippen LogP contribution is 2.14. The minimum absolute atomic E-state index is 0.0946. The van der Waals surface area contributed by atoms with Crippen LogP contribution in [0.3, 0.4) is 0 Å². The average molecular weight is 931 g/mol. The van der Waals surface area contributed by atoms with Gasteiger partial charge in [-0.25, -0.2) is 0 Å². The monoisotopic (exact) mass is 931 g/mol. The van der Waals surface area contributed by atoms with Gasteiger partial charge in [0.15, 0.2) is 6.10 Å². The minimum Gasteiger partial charge on any atom is -0.462 e. The summed E-state index contributed by atoms with van der Waals surface area (Å²) in [6, 6.07) is 0. The third-order valence-electron chi connectivity index (χ3n) is 11.6. The third kappa shape index (κ3) is 53.2. The zero-order valence-corrected chi connectivity index (χ0v) is 43.6. The van der Waals surface area contributed by atoms with E-state index < -0.39 is 12.1 Å². The van der Waals surface area contributed by atoms with Gasteiger partial charge in [0.05, 0.1) is 6.42 Å². The molecule has 1 unspecified atom stereocenters. The van der Waals surface area contributed by atoms with Crippen LogP contribution < -0.4 is 0 Å². The maximum atomic E-state index is 12.7. The molecule has 0 aromatic rings. The van der Waals surface area contributed by atoms with Crippen molar-refractivity contribution in [2.24, 2.45) is 0 Å². The first-order chi connectivity index (χ1) is 33.0. The molecule has 0 bridgehead atoms. The second-order valence-corrected chi connectivity index (χ2v) is 18.1. The van der Waals surface area contributed by atoms with E-state index in [1.165, 1.54) is 122 Å². The smallest absolute Gasteiger partial charge is 0.310 e. The summed E-state index contributed by atoms with van der Waals surface area (Å²) in [5, 5.41) is 0. The van der Waals surface area contributed by atoms with E-state index in [0.29, 0.717) is 12.8 Å². The number of hydrogen-bond acceptors (Lipinski definition) is 6. The molecule has 0 aliphatic heterocycles. The van der Waals surface area contributed by atoms with E-state index in [1.807, 2.05) is 6.08 Å². The number of carbonyl (C=O) groups is 3. The summed E-state index contributed by atoms with van der Waals surface area (Å²) >= 11 is 0. The van der Waals surface area contributed by atoms with Crippen molar-refractivity contribution >= 4 is 17.9 Å². The van der Waals surface area contributed by atoms with Crippen molar-refractivity contribution < 1.29 is 28.6 Å². The topological polar surface area (TPSA) is 78.9 Å². The number of unbranched alkanes of at least 4 members (excludes halogenated alkanes) is 23. The molecule has 1 atom stereocenters. The van der Waals surface area contributed by atoms with Crippen LogP contribution in [0.25, 0.3) is 0 Å². The Morgan fingerprint density at radius 1 is 0.328 bits per heavy atom. The van der Waals surface area contributed by atoms with Crippen LogP contribution >= 0.6 is 0 Å². The number of carbonyl (C=O) groups excluding carboxylic acids is 3. The Kier molecular flexibility index (Phi) is 51.9. The Bertz CT molecular complexity index is 1350. The first kappa shape index (κ1) is 63.3. The van der Waals surface area contributed by atoms with Gasteiger partial charge >= 0.3 is 17.9 Å². The van der Waals surface area contributed by atoms with E-state index in [2.05, 4.69) is 106 Å². The Morgan fingerprint density at radius 2 is 0.627 bits per heavy atom. The van der Waals surface area contributed by atoms with Crippen molar-refractivity contribution in [1.29, 1.82) is 0 Å².